The summed E-state index contributed by atoms with van der Waals surface area (Å²) >= 11 is 0. The van der Waals surface area contributed by atoms with Crippen LogP contribution in [-0.4, -0.2) is 41.9 Å². The molecule has 3 rings (SSSR count). The Hall–Kier alpha value is -2.58. The second kappa shape index (κ2) is 9.11. The van der Waals surface area contributed by atoms with E-state index in [1.54, 1.807) is 4.57 Å². The maximum atomic E-state index is 13.7. The van der Waals surface area contributed by atoms with E-state index in [1.807, 2.05) is 31.2 Å². The number of hydrogen-bond acceptors (Lipinski definition) is 5. The fraction of sp³-hybridized carbons (Fsp3) is 0.458. The Labute approximate surface area is 190 Å². The van der Waals surface area contributed by atoms with Crippen molar-refractivity contribution in [3.05, 3.63) is 41.9 Å². The van der Waals surface area contributed by atoms with E-state index in [2.05, 4.69) is 43.8 Å². The lowest BCUT2D eigenvalue weighted by molar-refractivity contribution is 0.0950. The molecule has 0 saturated carbocycles. The van der Waals surface area contributed by atoms with Crippen molar-refractivity contribution in [3.63, 3.8) is 0 Å². The molecule has 0 aliphatic heterocycles. The maximum absolute atomic E-state index is 13.7. The number of nitrogen functional groups attached to an aromatic ring is 1. The molecule has 0 fully saturated rings. The van der Waals surface area contributed by atoms with E-state index in [4.69, 9.17) is 10.2 Å². The van der Waals surface area contributed by atoms with Gasteiger partial charge >= 0.3 is 0 Å². The fourth-order valence-electron chi connectivity index (χ4n) is 3.53. The van der Waals surface area contributed by atoms with Crippen LogP contribution in [0.2, 0.25) is 18.1 Å². The van der Waals surface area contributed by atoms with E-state index >= 15 is 0 Å². The largest absolute Gasteiger partial charge is 0.417 e. The van der Waals surface area contributed by atoms with Gasteiger partial charge < -0.3 is 14.7 Å². The van der Waals surface area contributed by atoms with E-state index in [0.717, 1.165) is 11.1 Å². The Bertz CT molecular complexity index is 1120. The van der Waals surface area contributed by atoms with Crippen LogP contribution in [-0.2, 0) is 11.0 Å². The summed E-state index contributed by atoms with van der Waals surface area (Å²) in [6, 6.07) is 7.73. The highest BCUT2D eigenvalue weighted by Crippen LogP contribution is 2.38. The number of hydrogen-bond donors (Lipinski definition) is 1. The molecule has 2 N–H and O–H groups in total. The third kappa shape index (κ3) is 4.61. The van der Waals surface area contributed by atoms with Gasteiger partial charge in [-0.2, -0.15) is 0 Å². The Balaban J connectivity index is 2.05. The van der Waals surface area contributed by atoms with Crippen molar-refractivity contribution >= 4 is 31.0 Å². The van der Waals surface area contributed by atoms with Crippen molar-refractivity contribution in [1.29, 1.82) is 0 Å². The Morgan fingerprint density at radius 3 is 2.44 bits per heavy atom. The maximum Gasteiger partial charge on any atom is 0.210 e. The molecule has 1 aromatic carbocycles. The molecular formula is C24H33FN4O2Si. The number of nitrogens with zero attached hydrogens (tertiary/aromatic N) is 3. The molecular weight excluding hydrogens is 423 g/mol. The molecule has 0 saturated heterocycles. The van der Waals surface area contributed by atoms with Crippen LogP contribution < -0.4 is 5.73 Å². The van der Waals surface area contributed by atoms with E-state index < -0.39 is 20.8 Å². The van der Waals surface area contributed by atoms with Crippen molar-refractivity contribution in [1.82, 2.24) is 14.5 Å². The van der Waals surface area contributed by atoms with Crippen LogP contribution in [0.4, 0.5) is 10.2 Å². The molecule has 0 aliphatic rings. The third-order valence-electron chi connectivity index (χ3n) is 6.39. The first-order valence-corrected chi connectivity index (χ1v) is 13.8. The number of rotatable bonds is 8. The minimum Gasteiger partial charge on any atom is -0.417 e. The molecule has 0 aliphatic carbocycles. The average Bonchev–Trinajstić information content (AvgIpc) is 3.06. The summed E-state index contributed by atoms with van der Waals surface area (Å²) in [4.78, 5) is 21.3. The zero-order valence-electron chi connectivity index (χ0n) is 19.8. The van der Waals surface area contributed by atoms with E-state index in [1.165, 1.54) is 6.33 Å². The molecule has 8 heteroatoms. The fourth-order valence-corrected chi connectivity index (χ4v) is 4.62. The number of fused-ring (bicyclic) bond motifs is 1. The van der Waals surface area contributed by atoms with Gasteiger partial charge in [0.1, 0.15) is 17.8 Å². The molecule has 0 radical (unpaired) electrons. The quantitative estimate of drug-likeness (QED) is 0.273. The molecule has 6 nitrogen and oxygen atoms in total. The number of nitrogens with two attached hydrogens (primary N) is 1. The van der Waals surface area contributed by atoms with Crippen LogP contribution in [0.5, 0.6) is 0 Å². The van der Waals surface area contributed by atoms with Crippen LogP contribution >= 0.6 is 0 Å². The summed E-state index contributed by atoms with van der Waals surface area (Å²) in [5.41, 5.74) is 9.50. The molecule has 0 atom stereocenters. The Morgan fingerprint density at radius 2 is 1.84 bits per heavy atom. The monoisotopic (exact) mass is 456 g/mol. The number of alkyl halides is 1. The van der Waals surface area contributed by atoms with Crippen molar-refractivity contribution in [2.24, 2.45) is 0 Å². The second-order valence-electron chi connectivity index (χ2n) is 9.72. The highest BCUT2D eigenvalue weighted by molar-refractivity contribution is 6.74. The lowest BCUT2D eigenvalue weighted by Crippen LogP contribution is -2.41. The number of carbonyl (C=O) groups excluding carboxylic acids is 1. The van der Waals surface area contributed by atoms with Gasteiger partial charge in [-0.25, -0.2) is 14.4 Å². The standard InChI is InChI=1S/C24H33FN4O2Si/c1-16-8-10-17(11-9-16)19-20-22(26)27-15-28-23(20)29(21(19)18(30)14-25)12-7-13-31-32(5,6)24(2,3)4/h8-11,15H,7,12-14H2,1-6H3,(H2,26,27,28). The first kappa shape index (κ1) is 24.1. The lowest BCUT2D eigenvalue weighted by Gasteiger charge is -2.36. The Morgan fingerprint density at radius 1 is 1.19 bits per heavy atom. The van der Waals surface area contributed by atoms with Gasteiger partial charge in [0.25, 0.3) is 0 Å². The van der Waals surface area contributed by atoms with Crippen LogP contribution in [0.3, 0.4) is 0 Å². The topological polar surface area (TPSA) is 83.0 Å². The minimum atomic E-state index is -1.88. The zero-order valence-corrected chi connectivity index (χ0v) is 20.8. The van der Waals surface area contributed by atoms with Crippen molar-refractivity contribution in [2.75, 3.05) is 19.0 Å². The Kier molecular flexibility index (Phi) is 6.85. The first-order chi connectivity index (χ1) is 15.0. The highest BCUT2D eigenvalue weighted by Gasteiger charge is 2.37. The van der Waals surface area contributed by atoms with Crippen molar-refractivity contribution < 1.29 is 13.6 Å². The molecule has 3 aromatic rings. The van der Waals surface area contributed by atoms with Gasteiger partial charge in [-0.1, -0.05) is 50.6 Å². The number of ketones is 1. The van der Waals surface area contributed by atoms with Crippen LogP contribution in [0, 0.1) is 6.92 Å². The summed E-state index contributed by atoms with van der Waals surface area (Å²) in [5.74, 6) is -0.321. The molecule has 2 heterocycles. The van der Waals surface area contributed by atoms with Gasteiger partial charge in [-0.3, -0.25) is 4.79 Å². The minimum absolute atomic E-state index is 0.114. The predicted molar refractivity (Wildman–Crippen MR) is 130 cm³/mol. The number of halogens is 1. The number of carbonyl (C=O) groups is 1. The van der Waals surface area contributed by atoms with Crippen LogP contribution in [0.1, 0.15) is 43.2 Å². The van der Waals surface area contributed by atoms with Crippen molar-refractivity contribution in [3.8, 4) is 11.1 Å². The molecule has 32 heavy (non-hydrogen) atoms. The SMILES string of the molecule is Cc1ccc(-c2c(C(=O)CF)n(CCCO[Si](C)(C)C(C)(C)C)c3ncnc(N)c23)cc1. The average molecular weight is 457 g/mol. The van der Waals surface area contributed by atoms with E-state index in [0.29, 0.717) is 36.2 Å². The third-order valence-corrected chi connectivity index (χ3v) is 10.9. The highest BCUT2D eigenvalue weighted by atomic mass is 28.4. The summed E-state index contributed by atoms with van der Waals surface area (Å²) in [7, 11) is -1.88. The predicted octanol–water partition coefficient (Wildman–Crippen LogP) is 5.55. The van der Waals surface area contributed by atoms with Crippen molar-refractivity contribution in [2.45, 2.75) is 58.8 Å². The number of Topliss-reactive ketones (excluding diaryl/α,β-unsaturated/α-hetero) is 1. The first-order valence-electron chi connectivity index (χ1n) is 10.9. The zero-order chi connectivity index (χ0) is 23.7. The summed E-state index contributed by atoms with van der Waals surface area (Å²) < 4.78 is 21.7. The molecule has 2 aromatic heterocycles. The molecule has 0 unspecified atom stereocenters. The van der Waals surface area contributed by atoms with Gasteiger partial charge in [-0.15, -0.1) is 0 Å². The lowest BCUT2D eigenvalue weighted by atomic mass is 10.00. The number of anilines is 1. The second-order valence-corrected chi connectivity index (χ2v) is 14.5. The van der Waals surface area contributed by atoms with Gasteiger partial charge in [-0.05, 0) is 37.0 Å². The van der Waals surface area contributed by atoms with Gasteiger partial charge in [0, 0.05) is 18.7 Å². The van der Waals surface area contributed by atoms with E-state index in [-0.39, 0.29) is 16.6 Å². The molecule has 0 spiro atoms. The summed E-state index contributed by atoms with van der Waals surface area (Å²) in [6.45, 7) is 12.9. The molecule has 172 valence electrons. The number of benzene rings is 1. The molecule has 0 bridgehead atoms. The normalized spacial score (nSPS) is 12.5. The summed E-state index contributed by atoms with van der Waals surface area (Å²) in [5, 5.41) is 0.696. The van der Waals surface area contributed by atoms with Crippen LogP contribution in [0.25, 0.3) is 22.2 Å². The van der Waals surface area contributed by atoms with Crippen LogP contribution in [0.15, 0.2) is 30.6 Å². The van der Waals surface area contributed by atoms with Gasteiger partial charge in [0.05, 0.1) is 11.1 Å². The summed E-state index contributed by atoms with van der Waals surface area (Å²) in [6.07, 6.45) is 2.04. The number of aryl methyl sites for hydroxylation is 2. The molecule has 0 amide bonds. The van der Waals surface area contributed by atoms with Gasteiger partial charge in [0.15, 0.2) is 15.0 Å². The number of aromatic nitrogens is 3. The smallest absolute Gasteiger partial charge is 0.210 e. The van der Waals surface area contributed by atoms with Gasteiger partial charge in [0.2, 0.25) is 5.78 Å². The van der Waals surface area contributed by atoms with E-state index in [9.17, 15) is 9.18 Å².